The molecule has 4 aliphatic carbocycles. The third-order valence-electron chi connectivity index (χ3n) is 10.3. The van der Waals surface area contributed by atoms with Gasteiger partial charge in [0.25, 0.3) is 0 Å². The number of hydrogen-bond acceptors (Lipinski definition) is 4. The molecule has 0 aromatic heterocycles. The van der Waals surface area contributed by atoms with Gasteiger partial charge in [-0.15, -0.1) is 0 Å². The van der Waals surface area contributed by atoms with Crippen molar-refractivity contribution in [2.24, 2.45) is 46.3 Å². The Kier molecular flexibility index (Phi) is 7.89. The number of fused-ring (bicyclic) bond motifs is 5. The number of carboxylic acid groups (broad SMARTS) is 1. The molecule has 0 saturated heterocycles. The Morgan fingerprint density at radius 3 is 2.48 bits per heavy atom. The second kappa shape index (κ2) is 9.21. The summed E-state index contributed by atoms with van der Waals surface area (Å²) in [5.74, 6) is 2.19. The van der Waals surface area contributed by atoms with Crippen molar-refractivity contribution < 1.29 is 78.3 Å². The molecular formula is C24H39O4Rb. The van der Waals surface area contributed by atoms with Crippen LogP contribution in [0.25, 0.3) is 0 Å². The molecule has 2 N–H and O–H groups in total. The smallest absolute Gasteiger partial charge is 0.550 e. The Bertz CT molecular complexity index is 612. The molecule has 0 aliphatic heterocycles. The molecule has 4 rings (SSSR count). The molecule has 0 unspecified atom stereocenters. The predicted molar refractivity (Wildman–Crippen MR) is 106 cm³/mol. The first kappa shape index (κ1) is 24.8. The van der Waals surface area contributed by atoms with Crippen molar-refractivity contribution in [3.63, 3.8) is 0 Å². The number of carbonyl (C=O) groups excluding carboxylic acids is 1. The molecule has 160 valence electrons. The van der Waals surface area contributed by atoms with Crippen LogP contribution in [0.4, 0.5) is 0 Å². The molecule has 10 atom stereocenters. The molecule has 0 bridgehead atoms. The van der Waals surface area contributed by atoms with Crippen molar-refractivity contribution in [2.75, 3.05) is 0 Å². The summed E-state index contributed by atoms with van der Waals surface area (Å²) in [5.41, 5.74) is 0.188. The molecule has 0 amide bonds. The van der Waals surface area contributed by atoms with Gasteiger partial charge in [-0.25, -0.2) is 0 Å². The Balaban J connectivity index is 0.00000240. The minimum Gasteiger partial charge on any atom is -0.550 e. The van der Waals surface area contributed by atoms with Gasteiger partial charge in [-0.2, -0.15) is 0 Å². The van der Waals surface area contributed by atoms with Gasteiger partial charge >= 0.3 is 58.2 Å². The van der Waals surface area contributed by atoms with E-state index in [1.54, 1.807) is 0 Å². The van der Waals surface area contributed by atoms with E-state index in [0.29, 0.717) is 41.9 Å². The molecule has 0 aromatic carbocycles. The summed E-state index contributed by atoms with van der Waals surface area (Å²) < 4.78 is 0. The topological polar surface area (TPSA) is 80.6 Å². The van der Waals surface area contributed by atoms with E-state index in [4.69, 9.17) is 0 Å². The van der Waals surface area contributed by atoms with E-state index in [0.717, 1.165) is 32.1 Å². The molecule has 0 aromatic rings. The molecule has 0 spiro atoms. The van der Waals surface area contributed by atoms with Crippen LogP contribution in [0.3, 0.4) is 0 Å². The van der Waals surface area contributed by atoms with Gasteiger partial charge in [0.05, 0.1) is 12.2 Å². The van der Waals surface area contributed by atoms with E-state index in [1.807, 2.05) is 0 Å². The zero-order valence-electron chi connectivity index (χ0n) is 18.9. The van der Waals surface area contributed by atoms with Gasteiger partial charge < -0.3 is 20.1 Å². The SMILES string of the molecule is C[C@H](CCC(=O)[O-])[C@H]1CC[C@H]2[C@@H]3CC[C@@H]4C[C@H](O)CC[C@]4(C)[C@H]3C[C@H](O)[C@]12C.[Rb+]. The predicted octanol–water partition coefficient (Wildman–Crippen LogP) is 0.147. The monoisotopic (exact) mass is 476 g/mol. The van der Waals surface area contributed by atoms with Crippen molar-refractivity contribution in [3.8, 4) is 0 Å². The molecule has 4 aliphatic rings. The third kappa shape index (κ3) is 4.14. The van der Waals surface area contributed by atoms with Crippen molar-refractivity contribution in [3.05, 3.63) is 0 Å². The average molecular weight is 477 g/mol. The van der Waals surface area contributed by atoms with E-state index in [9.17, 15) is 20.1 Å². The summed E-state index contributed by atoms with van der Waals surface area (Å²) in [6.45, 7) is 6.94. The maximum atomic E-state index is 11.5. The third-order valence-corrected chi connectivity index (χ3v) is 10.3. The summed E-state index contributed by atoms with van der Waals surface area (Å²) >= 11 is 0. The van der Waals surface area contributed by atoms with Gasteiger partial charge in [-0.3, -0.25) is 0 Å². The van der Waals surface area contributed by atoms with E-state index < -0.39 is 5.97 Å². The summed E-state index contributed by atoms with van der Waals surface area (Å²) in [6, 6.07) is 0. The first-order valence-corrected chi connectivity index (χ1v) is 11.7. The van der Waals surface area contributed by atoms with Crippen LogP contribution >= 0.6 is 0 Å². The summed E-state index contributed by atoms with van der Waals surface area (Å²) in [5, 5.41) is 32.6. The van der Waals surface area contributed by atoms with Crippen molar-refractivity contribution in [2.45, 2.75) is 97.2 Å². The van der Waals surface area contributed by atoms with E-state index >= 15 is 0 Å². The number of rotatable bonds is 4. The second-order valence-electron chi connectivity index (χ2n) is 11.3. The molecule has 5 heteroatoms. The van der Waals surface area contributed by atoms with Gasteiger partial charge in [-0.1, -0.05) is 20.8 Å². The number of aliphatic carboxylic acids is 1. The summed E-state index contributed by atoms with van der Waals surface area (Å²) in [4.78, 5) is 10.9. The molecule has 0 radical (unpaired) electrons. The fourth-order valence-corrected chi connectivity index (χ4v) is 8.71. The second-order valence-corrected chi connectivity index (χ2v) is 11.3. The fraction of sp³-hybridized carbons (Fsp3) is 0.958. The van der Waals surface area contributed by atoms with Crippen LogP contribution in [0.2, 0.25) is 0 Å². The van der Waals surface area contributed by atoms with E-state index in [2.05, 4.69) is 20.8 Å². The fourth-order valence-electron chi connectivity index (χ4n) is 8.71. The normalized spacial score (nSPS) is 49.9. The number of carboxylic acids is 1. The molecule has 29 heavy (non-hydrogen) atoms. The van der Waals surface area contributed by atoms with Crippen LogP contribution in [0.5, 0.6) is 0 Å². The molecule has 0 heterocycles. The van der Waals surface area contributed by atoms with Crippen LogP contribution < -0.4 is 63.3 Å². The van der Waals surface area contributed by atoms with Gasteiger partial charge in [0, 0.05) is 5.97 Å². The maximum Gasteiger partial charge on any atom is 1.00 e. The minimum atomic E-state index is -0.957. The Hall–Kier alpha value is 1.20. The molecular weight excluding hydrogens is 438 g/mol. The van der Waals surface area contributed by atoms with Crippen molar-refractivity contribution in [1.82, 2.24) is 0 Å². The molecule has 4 nitrogen and oxygen atoms in total. The van der Waals surface area contributed by atoms with Crippen LogP contribution in [0.1, 0.15) is 85.0 Å². The van der Waals surface area contributed by atoms with Gasteiger partial charge in [0.15, 0.2) is 0 Å². The standard InChI is InChI=1S/C24H40O4.Rb/c1-14(4-9-22(27)28)18-7-8-19-17-6-5-15-12-16(25)10-11-23(15,2)20(17)13-21(26)24(18,19)3;/h14-21,25-26H,4-13H2,1-3H3,(H,27,28);/q;+1/p-1/t14-,15-,16-,17+,18-,19+,20+,21+,23+,24-;/m1./s1. The number of aliphatic hydroxyl groups excluding tert-OH is 2. The first-order valence-electron chi connectivity index (χ1n) is 11.7. The molecule has 4 fully saturated rings. The van der Waals surface area contributed by atoms with Crippen LogP contribution in [-0.2, 0) is 4.79 Å². The van der Waals surface area contributed by atoms with Crippen LogP contribution in [0.15, 0.2) is 0 Å². The van der Waals surface area contributed by atoms with Gasteiger partial charge in [-0.05, 0) is 111 Å². The van der Waals surface area contributed by atoms with Crippen LogP contribution in [0, 0.1) is 46.3 Å². The quantitative estimate of drug-likeness (QED) is 0.605. The van der Waals surface area contributed by atoms with E-state index in [-0.39, 0.29) is 87.6 Å². The Labute approximate surface area is 225 Å². The van der Waals surface area contributed by atoms with Crippen molar-refractivity contribution in [1.29, 1.82) is 0 Å². The van der Waals surface area contributed by atoms with Crippen LogP contribution in [-0.4, -0.2) is 28.4 Å². The Morgan fingerprint density at radius 2 is 1.79 bits per heavy atom. The maximum absolute atomic E-state index is 11.5. The summed E-state index contributed by atoms with van der Waals surface area (Å²) in [7, 11) is 0. The van der Waals surface area contributed by atoms with Gasteiger partial charge in [0.1, 0.15) is 0 Å². The Morgan fingerprint density at radius 1 is 1.07 bits per heavy atom. The largest absolute Gasteiger partial charge is 1.00 e. The number of hydrogen-bond donors (Lipinski definition) is 2. The number of aliphatic hydroxyl groups is 2. The summed E-state index contributed by atoms with van der Waals surface area (Å²) in [6.07, 6.45) is 8.98. The van der Waals surface area contributed by atoms with Crippen molar-refractivity contribution >= 4 is 5.97 Å². The van der Waals surface area contributed by atoms with E-state index in [1.165, 1.54) is 19.3 Å². The average Bonchev–Trinajstić information content (AvgIpc) is 3.00. The zero-order valence-corrected chi connectivity index (χ0v) is 23.8. The first-order chi connectivity index (χ1) is 13.2. The number of carbonyl (C=O) groups is 1. The van der Waals surface area contributed by atoms with Gasteiger partial charge in [0.2, 0.25) is 0 Å². The molecule has 4 saturated carbocycles. The zero-order chi connectivity index (χ0) is 20.3. The minimum absolute atomic E-state index is 0.